The molecule has 6 heavy (non-hydrogen) atoms. The number of hydrogen-bond donors (Lipinski definition) is 1. The molecule has 0 saturated heterocycles. The standard InChI is InChI=1S/C4H7BS/c5-3-1-2-4-6/h1-4,6H,5H2/b3-1+,4-2-. The van der Waals surface area contributed by atoms with Crippen LogP contribution in [0.25, 0.3) is 0 Å². The van der Waals surface area contributed by atoms with E-state index in [0.29, 0.717) is 0 Å². The van der Waals surface area contributed by atoms with Gasteiger partial charge in [-0.15, -0.1) is 5.98 Å². The molecule has 0 bridgehead atoms. The summed E-state index contributed by atoms with van der Waals surface area (Å²) in [4.78, 5) is 0. The summed E-state index contributed by atoms with van der Waals surface area (Å²) in [5.41, 5.74) is 0. The van der Waals surface area contributed by atoms with Crippen molar-refractivity contribution in [2.24, 2.45) is 0 Å². The van der Waals surface area contributed by atoms with Crippen molar-refractivity contribution in [3.05, 3.63) is 23.5 Å². The van der Waals surface area contributed by atoms with Gasteiger partial charge in [0.05, 0.1) is 0 Å². The molecule has 0 radical (unpaired) electrons. The van der Waals surface area contributed by atoms with Gasteiger partial charge >= 0.3 is 0 Å². The lowest BCUT2D eigenvalue weighted by molar-refractivity contribution is 2.09. The van der Waals surface area contributed by atoms with Gasteiger partial charge in [0.15, 0.2) is 0 Å². The molecule has 0 aliphatic heterocycles. The van der Waals surface area contributed by atoms with E-state index in [1.165, 1.54) is 0 Å². The summed E-state index contributed by atoms with van der Waals surface area (Å²) in [6, 6.07) is 0. The first-order chi connectivity index (χ1) is 2.91. The third-order valence-electron chi connectivity index (χ3n) is 0.390. The molecular weight excluding hydrogens is 90.9 g/mol. The summed E-state index contributed by atoms with van der Waals surface area (Å²) < 4.78 is 0. The van der Waals surface area contributed by atoms with Crippen LogP contribution in [0.2, 0.25) is 0 Å². The molecule has 0 amide bonds. The molecule has 0 fully saturated rings. The molecule has 0 spiro atoms. The molecule has 0 aromatic heterocycles. The highest BCUT2D eigenvalue weighted by Gasteiger charge is 1.49. The third kappa shape index (κ3) is 3.89. The number of hydrogen-bond acceptors (Lipinski definition) is 1. The fourth-order valence-corrected chi connectivity index (χ4v) is 0.260. The SMILES string of the molecule is B/C=C/C=C\S. The summed E-state index contributed by atoms with van der Waals surface area (Å²) in [5, 5.41) is 1.69. The van der Waals surface area contributed by atoms with E-state index in [4.69, 9.17) is 0 Å². The third-order valence-corrected chi connectivity index (χ3v) is 0.562. The first-order valence-corrected chi connectivity index (χ1v) is 2.35. The van der Waals surface area contributed by atoms with E-state index in [1.54, 1.807) is 5.41 Å². The van der Waals surface area contributed by atoms with Crippen LogP contribution in [0.4, 0.5) is 0 Å². The Morgan fingerprint density at radius 2 is 2.00 bits per heavy atom. The molecule has 0 heterocycles. The summed E-state index contributed by atoms with van der Waals surface area (Å²) >= 11 is 3.82. The van der Waals surface area contributed by atoms with E-state index < -0.39 is 0 Å². The molecule has 0 aromatic rings. The highest BCUT2D eigenvalue weighted by molar-refractivity contribution is 7.83. The maximum atomic E-state index is 3.82. The van der Waals surface area contributed by atoms with Gasteiger partial charge in [-0.25, -0.2) is 0 Å². The van der Waals surface area contributed by atoms with Crippen molar-refractivity contribution in [2.45, 2.75) is 0 Å². The van der Waals surface area contributed by atoms with Crippen LogP contribution in [0.3, 0.4) is 0 Å². The molecule has 0 unspecified atom stereocenters. The molecule has 0 N–H and O–H groups in total. The van der Waals surface area contributed by atoms with Gasteiger partial charge in [-0.2, -0.15) is 12.6 Å². The zero-order valence-electron chi connectivity index (χ0n) is 3.76. The van der Waals surface area contributed by atoms with Crippen molar-refractivity contribution in [3.63, 3.8) is 0 Å². The molecule has 32 valence electrons. The Morgan fingerprint density at radius 1 is 1.33 bits per heavy atom. The normalized spacial score (nSPS) is 11.5. The number of allylic oxidation sites excluding steroid dienone is 2. The highest BCUT2D eigenvalue weighted by Crippen LogP contribution is 1.75. The van der Waals surface area contributed by atoms with Gasteiger partial charge in [0.25, 0.3) is 0 Å². The van der Waals surface area contributed by atoms with Gasteiger partial charge < -0.3 is 0 Å². The lowest BCUT2D eigenvalue weighted by atomic mass is 10.1. The van der Waals surface area contributed by atoms with Gasteiger partial charge in [-0.3, -0.25) is 0 Å². The largest absolute Gasteiger partial charge is 0.151 e. The summed E-state index contributed by atoms with van der Waals surface area (Å²) in [6.45, 7) is 0. The van der Waals surface area contributed by atoms with Gasteiger partial charge in [0.2, 0.25) is 0 Å². The Hall–Kier alpha value is -0.105. The van der Waals surface area contributed by atoms with Gasteiger partial charge in [-0.1, -0.05) is 12.2 Å². The Morgan fingerprint density at radius 3 is 2.17 bits per heavy atom. The molecule has 0 aliphatic rings. The van der Waals surface area contributed by atoms with E-state index in [1.807, 2.05) is 26.0 Å². The van der Waals surface area contributed by atoms with Crippen molar-refractivity contribution in [2.75, 3.05) is 0 Å². The van der Waals surface area contributed by atoms with E-state index in [0.717, 1.165) is 0 Å². The van der Waals surface area contributed by atoms with Crippen molar-refractivity contribution in [1.29, 1.82) is 0 Å². The second kappa shape index (κ2) is 4.89. The quantitative estimate of drug-likeness (QED) is 0.277. The Bertz CT molecular complexity index is 55.9. The summed E-state index contributed by atoms with van der Waals surface area (Å²) in [6.07, 6.45) is 3.79. The van der Waals surface area contributed by atoms with Crippen molar-refractivity contribution < 1.29 is 0 Å². The first-order valence-electron chi connectivity index (χ1n) is 1.84. The minimum atomic E-state index is 1.69. The predicted molar refractivity (Wildman–Crippen MR) is 35.8 cm³/mol. The molecule has 0 aliphatic carbocycles. The van der Waals surface area contributed by atoms with Crippen molar-refractivity contribution in [1.82, 2.24) is 0 Å². The van der Waals surface area contributed by atoms with Gasteiger partial charge in [0, 0.05) is 0 Å². The van der Waals surface area contributed by atoms with E-state index in [-0.39, 0.29) is 0 Å². The van der Waals surface area contributed by atoms with Crippen LogP contribution in [0.5, 0.6) is 0 Å². The van der Waals surface area contributed by atoms with Crippen LogP contribution in [0.15, 0.2) is 23.5 Å². The fraction of sp³-hybridized carbons (Fsp3) is 0. The number of rotatable bonds is 1. The van der Waals surface area contributed by atoms with Crippen molar-refractivity contribution in [3.8, 4) is 0 Å². The van der Waals surface area contributed by atoms with Crippen LogP contribution < -0.4 is 0 Å². The van der Waals surface area contributed by atoms with Crippen LogP contribution in [-0.2, 0) is 0 Å². The second-order valence-corrected chi connectivity index (χ2v) is 1.17. The van der Waals surface area contributed by atoms with Crippen LogP contribution in [0.1, 0.15) is 0 Å². The Balaban J connectivity index is 3.07. The smallest absolute Gasteiger partial charge is 0.129 e. The highest BCUT2D eigenvalue weighted by atomic mass is 32.1. The molecule has 0 atom stereocenters. The van der Waals surface area contributed by atoms with E-state index in [2.05, 4.69) is 12.6 Å². The van der Waals surface area contributed by atoms with E-state index in [9.17, 15) is 0 Å². The summed E-state index contributed by atoms with van der Waals surface area (Å²) in [5.74, 6) is 1.95. The molecular formula is C4H7BS. The average Bonchev–Trinajstić information content (AvgIpc) is 1.61. The fourth-order valence-electron chi connectivity index (χ4n) is 0.161. The Labute approximate surface area is 44.8 Å². The molecule has 0 saturated carbocycles. The molecule has 2 heteroatoms. The molecule has 0 nitrogen and oxygen atoms in total. The molecule has 0 rings (SSSR count). The minimum Gasteiger partial charge on any atom is -0.151 e. The summed E-state index contributed by atoms with van der Waals surface area (Å²) in [7, 11) is 1.97. The van der Waals surface area contributed by atoms with Gasteiger partial charge in [-0.05, 0) is 5.41 Å². The topological polar surface area (TPSA) is 0 Å². The van der Waals surface area contributed by atoms with Gasteiger partial charge in [0.1, 0.15) is 7.85 Å². The van der Waals surface area contributed by atoms with Crippen LogP contribution in [0, 0.1) is 0 Å². The number of thiol groups is 1. The monoisotopic (exact) mass is 98.0 g/mol. The average molecular weight is 98.0 g/mol. The first kappa shape index (κ1) is 5.89. The minimum absolute atomic E-state index is 1.69. The van der Waals surface area contributed by atoms with Crippen LogP contribution >= 0.6 is 12.6 Å². The lowest BCUT2D eigenvalue weighted by Crippen LogP contribution is -1.45. The van der Waals surface area contributed by atoms with Crippen molar-refractivity contribution >= 4 is 20.5 Å². The van der Waals surface area contributed by atoms with Crippen LogP contribution in [-0.4, -0.2) is 7.85 Å². The molecule has 0 aromatic carbocycles. The Kier molecular flexibility index (Phi) is 4.81. The van der Waals surface area contributed by atoms with E-state index >= 15 is 0 Å². The predicted octanol–water partition coefficient (Wildman–Crippen LogP) is 0.577. The maximum Gasteiger partial charge on any atom is 0.129 e. The zero-order valence-corrected chi connectivity index (χ0v) is 4.65. The second-order valence-electron chi connectivity index (χ2n) is 0.867. The lowest BCUT2D eigenvalue weighted by Gasteiger charge is -1.62. The zero-order chi connectivity index (χ0) is 4.83. The maximum absolute atomic E-state index is 3.82.